The summed E-state index contributed by atoms with van der Waals surface area (Å²) in [5.74, 6) is -1.50. The molecule has 0 saturated heterocycles. The molecule has 8 heteroatoms. The molecule has 0 amide bonds. The van der Waals surface area contributed by atoms with E-state index in [1.54, 1.807) is 47.2 Å². The van der Waals surface area contributed by atoms with E-state index in [0.717, 1.165) is 0 Å². The highest BCUT2D eigenvalue weighted by Crippen LogP contribution is 2.36. The number of fused-ring (bicyclic) bond motifs is 1. The number of aromatic nitrogens is 1. The number of carboxylic acid groups (broad SMARTS) is 1. The third-order valence-corrected chi connectivity index (χ3v) is 5.86. The fourth-order valence-corrected chi connectivity index (χ4v) is 4.55. The molecule has 0 atom stereocenters. The average molecular weight is 479 g/mol. The van der Waals surface area contributed by atoms with Crippen molar-refractivity contribution in [2.45, 2.75) is 0 Å². The quantitative estimate of drug-likeness (QED) is 0.316. The van der Waals surface area contributed by atoms with Crippen molar-refractivity contribution in [1.29, 1.82) is 0 Å². The van der Waals surface area contributed by atoms with E-state index in [-0.39, 0.29) is 37.0 Å². The summed E-state index contributed by atoms with van der Waals surface area (Å²) in [5, 5.41) is 10.6. The first-order valence-electron chi connectivity index (χ1n) is 8.61. The van der Waals surface area contributed by atoms with Crippen molar-refractivity contribution in [2.75, 3.05) is 0 Å². The molecule has 3 aromatic carbocycles. The van der Waals surface area contributed by atoms with E-state index in [4.69, 9.17) is 46.4 Å². The number of aromatic carboxylic acids is 1. The van der Waals surface area contributed by atoms with Crippen LogP contribution >= 0.6 is 46.4 Å². The minimum absolute atomic E-state index is 0.0376. The normalized spacial score (nSPS) is 11.1. The Morgan fingerprint density at radius 1 is 0.800 bits per heavy atom. The Balaban J connectivity index is 1.98. The second-order valence-corrected chi connectivity index (χ2v) is 8.08. The summed E-state index contributed by atoms with van der Waals surface area (Å²) in [4.78, 5) is 24.6. The lowest BCUT2D eigenvalue weighted by Crippen LogP contribution is -2.03. The SMILES string of the molecule is O=C(O)c1cc(Cl)c(-n2cc(C(=O)c3c(Cl)cccc3Cl)c3ccccc32)c(Cl)c1. The van der Waals surface area contributed by atoms with Gasteiger partial charge < -0.3 is 9.67 Å². The molecule has 0 aliphatic rings. The number of benzene rings is 3. The van der Waals surface area contributed by atoms with E-state index in [0.29, 0.717) is 22.2 Å². The Morgan fingerprint density at radius 2 is 1.40 bits per heavy atom. The highest BCUT2D eigenvalue weighted by molar-refractivity contribution is 6.42. The van der Waals surface area contributed by atoms with Gasteiger partial charge in [0.1, 0.15) is 0 Å². The van der Waals surface area contributed by atoms with Crippen molar-refractivity contribution < 1.29 is 14.7 Å². The van der Waals surface area contributed by atoms with Gasteiger partial charge in [0.15, 0.2) is 5.78 Å². The highest BCUT2D eigenvalue weighted by atomic mass is 35.5. The lowest BCUT2D eigenvalue weighted by atomic mass is 10.0. The second kappa shape index (κ2) is 7.97. The second-order valence-electron chi connectivity index (χ2n) is 6.45. The van der Waals surface area contributed by atoms with Crippen molar-refractivity contribution in [3.05, 3.63) is 97.6 Å². The summed E-state index contributed by atoms with van der Waals surface area (Å²) in [6.07, 6.45) is 1.60. The Bertz CT molecular complexity index is 1300. The van der Waals surface area contributed by atoms with Gasteiger partial charge in [0, 0.05) is 17.1 Å². The van der Waals surface area contributed by atoms with Crippen LogP contribution in [0, 0.1) is 0 Å². The van der Waals surface area contributed by atoms with Crippen LogP contribution in [0.5, 0.6) is 0 Å². The number of hydrogen-bond acceptors (Lipinski definition) is 2. The monoisotopic (exact) mass is 477 g/mol. The Morgan fingerprint density at radius 3 is 2.00 bits per heavy atom. The molecule has 4 rings (SSSR count). The van der Waals surface area contributed by atoms with E-state index >= 15 is 0 Å². The molecule has 30 heavy (non-hydrogen) atoms. The van der Waals surface area contributed by atoms with E-state index in [1.165, 1.54) is 12.1 Å². The maximum absolute atomic E-state index is 13.3. The van der Waals surface area contributed by atoms with Gasteiger partial charge in [-0.3, -0.25) is 4.79 Å². The zero-order chi connectivity index (χ0) is 21.6. The van der Waals surface area contributed by atoms with Crippen LogP contribution in [0.2, 0.25) is 20.1 Å². The van der Waals surface area contributed by atoms with Gasteiger partial charge in [-0.2, -0.15) is 0 Å². The summed E-state index contributed by atoms with van der Waals surface area (Å²) in [7, 11) is 0. The first-order chi connectivity index (χ1) is 14.3. The lowest BCUT2D eigenvalue weighted by Gasteiger charge is -2.11. The van der Waals surface area contributed by atoms with Crippen molar-refractivity contribution in [3.63, 3.8) is 0 Å². The first kappa shape index (κ1) is 20.8. The zero-order valence-corrected chi connectivity index (χ0v) is 18.0. The fourth-order valence-electron chi connectivity index (χ4n) is 3.31. The Hall–Kier alpha value is -2.50. The molecule has 1 heterocycles. The highest BCUT2D eigenvalue weighted by Gasteiger charge is 2.23. The molecule has 4 nitrogen and oxygen atoms in total. The summed E-state index contributed by atoms with van der Waals surface area (Å²) in [6.45, 7) is 0. The molecule has 0 saturated carbocycles. The van der Waals surface area contributed by atoms with Crippen molar-refractivity contribution in [2.24, 2.45) is 0 Å². The van der Waals surface area contributed by atoms with Gasteiger partial charge in [0.25, 0.3) is 0 Å². The van der Waals surface area contributed by atoms with Crippen LogP contribution in [0.1, 0.15) is 26.3 Å². The zero-order valence-electron chi connectivity index (χ0n) is 15.0. The number of carboxylic acids is 1. The van der Waals surface area contributed by atoms with Crippen LogP contribution in [0.15, 0.2) is 60.8 Å². The molecule has 1 N–H and O–H groups in total. The summed E-state index contributed by atoms with van der Waals surface area (Å²) >= 11 is 25.2. The van der Waals surface area contributed by atoms with Crippen LogP contribution in [-0.2, 0) is 0 Å². The van der Waals surface area contributed by atoms with Crippen LogP contribution in [0.25, 0.3) is 16.6 Å². The minimum Gasteiger partial charge on any atom is -0.478 e. The summed E-state index contributed by atoms with van der Waals surface area (Å²) < 4.78 is 1.66. The van der Waals surface area contributed by atoms with E-state index in [2.05, 4.69) is 0 Å². The van der Waals surface area contributed by atoms with E-state index < -0.39 is 5.97 Å². The molecule has 0 unspecified atom stereocenters. The number of ketones is 1. The molecule has 150 valence electrons. The first-order valence-corrected chi connectivity index (χ1v) is 10.1. The maximum atomic E-state index is 13.3. The number of nitrogens with zero attached hydrogens (tertiary/aromatic N) is 1. The predicted octanol–water partition coefficient (Wildman–Crippen LogP) is 7.17. The molecule has 0 aliphatic carbocycles. The molecule has 0 bridgehead atoms. The Labute approximate surface area is 191 Å². The molecule has 0 spiro atoms. The predicted molar refractivity (Wildman–Crippen MR) is 120 cm³/mol. The van der Waals surface area contributed by atoms with Gasteiger partial charge in [0.2, 0.25) is 0 Å². The fraction of sp³-hybridized carbons (Fsp3) is 0. The van der Waals surface area contributed by atoms with Crippen molar-refractivity contribution in [1.82, 2.24) is 4.57 Å². The van der Waals surface area contributed by atoms with Crippen LogP contribution in [0.4, 0.5) is 0 Å². The van der Waals surface area contributed by atoms with Crippen molar-refractivity contribution >= 4 is 69.1 Å². The van der Waals surface area contributed by atoms with Gasteiger partial charge in [-0.1, -0.05) is 70.7 Å². The number of para-hydroxylation sites is 1. The van der Waals surface area contributed by atoms with Gasteiger partial charge in [-0.05, 0) is 30.3 Å². The average Bonchev–Trinajstić information content (AvgIpc) is 3.06. The third kappa shape index (κ3) is 3.46. The summed E-state index contributed by atoms with van der Waals surface area (Å²) in [6, 6.07) is 14.7. The Kier molecular flexibility index (Phi) is 5.51. The smallest absolute Gasteiger partial charge is 0.335 e. The molecular formula is C22H11Cl4NO3. The molecule has 0 radical (unpaired) electrons. The number of halogens is 4. The van der Waals surface area contributed by atoms with Crippen LogP contribution in [-0.4, -0.2) is 21.4 Å². The molecule has 0 fully saturated rings. The molecule has 0 aliphatic heterocycles. The largest absolute Gasteiger partial charge is 0.478 e. The topological polar surface area (TPSA) is 59.3 Å². The number of carbonyl (C=O) groups is 2. The van der Waals surface area contributed by atoms with Gasteiger partial charge in [-0.15, -0.1) is 0 Å². The number of hydrogen-bond donors (Lipinski definition) is 1. The van der Waals surface area contributed by atoms with Crippen LogP contribution in [0.3, 0.4) is 0 Å². The third-order valence-electron chi connectivity index (χ3n) is 4.65. The van der Waals surface area contributed by atoms with Crippen LogP contribution < -0.4 is 0 Å². The maximum Gasteiger partial charge on any atom is 0.335 e. The van der Waals surface area contributed by atoms with Gasteiger partial charge in [-0.25, -0.2) is 4.79 Å². The molecule has 1 aromatic heterocycles. The lowest BCUT2D eigenvalue weighted by molar-refractivity contribution is 0.0696. The van der Waals surface area contributed by atoms with Crippen molar-refractivity contribution in [3.8, 4) is 5.69 Å². The molecule has 4 aromatic rings. The van der Waals surface area contributed by atoms with E-state index in [9.17, 15) is 14.7 Å². The minimum atomic E-state index is -1.15. The standard InChI is InChI=1S/C22H11Cl4NO3/c23-14-5-3-6-15(24)19(14)21(28)13-10-27(18-7-2-1-4-12(13)18)20-16(25)8-11(22(29)30)9-17(20)26/h1-10H,(H,29,30). The molecular weight excluding hydrogens is 468 g/mol. The van der Waals surface area contributed by atoms with Gasteiger partial charge >= 0.3 is 5.97 Å². The number of carbonyl (C=O) groups excluding carboxylic acids is 1. The van der Waals surface area contributed by atoms with E-state index in [1.807, 2.05) is 6.07 Å². The summed E-state index contributed by atoms with van der Waals surface area (Å²) in [5.41, 5.74) is 1.54. The van der Waals surface area contributed by atoms with Gasteiger partial charge in [0.05, 0.1) is 42.4 Å². The number of rotatable bonds is 4.